The summed E-state index contributed by atoms with van der Waals surface area (Å²) in [5, 5.41) is 5.11. The number of halogens is 1. The third-order valence-corrected chi connectivity index (χ3v) is 5.11. The van der Waals surface area contributed by atoms with Crippen LogP contribution in [0, 0.1) is 0 Å². The minimum atomic E-state index is -0.528. The number of methoxy groups -OCH3 is 1. The summed E-state index contributed by atoms with van der Waals surface area (Å²) in [7, 11) is 1.62. The van der Waals surface area contributed by atoms with Gasteiger partial charge >= 0.3 is 0 Å². The first-order chi connectivity index (χ1) is 14.0. The number of benzene rings is 3. The standard InChI is InChI=1S/C22H15ClN2O3S/c1-28-18-9-4-14-10-13(2-3-15(14)12-18)11-19-20(26)24-22(29)25(21(19)27)17-7-5-16(23)6-8-17/h2-12H,1H3,(H,24,26,29). The molecule has 0 radical (unpaired) electrons. The molecule has 2 amide bonds. The highest BCUT2D eigenvalue weighted by Crippen LogP contribution is 2.26. The second kappa shape index (κ2) is 7.66. The number of thiocarbonyl (C=S) groups is 1. The number of amides is 2. The molecule has 1 heterocycles. The summed E-state index contributed by atoms with van der Waals surface area (Å²) in [6, 6.07) is 18.0. The van der Waals surface area contributed by atoms with Crippen LogP contribution in [0.5, 0.6) is 5.75 Å². The Balaban J connectivity index is 1.72. The van der Waals surface area contributed by atoms with Crippen molar-refractivity contribution in [1.82, 2.24) is 5.32 Å². The van der Waals surface area contributed by atoms with Crippen LogP contribution in [0.2, 0.25) is 5.02 Å². The van der Waals surface area contributed by atoms with Crippen LogP contribution >= 0.6 is 23.8 Å². The van der Waals surface area contributed by atoms with Crippen molar-refractivity contribution in [3.8, 4) is 5.75 Å². The van der Waals surface area contributed by atoms with E-state index in [0.717, 1.165) is 22.1 Å². The molecule has 1 saturated heterocycles. The predicted molar refractivity (Wildman–Crippen MR) is 118 cm³/mol. The van der Waals surface area contributed by atoms with E-state index in [1.165, 1.54) is 4.90 Å². The molecule has 0 atom stereocenters. The molecule has 3 aromatic rings. The van der Waals surface area contributed by atoms with Crippen molar-refractivity contribution in [3.05, 3.63) is 76.8 Å². The SMILES string of the molecule is COc1ccc2cc(C=C3C(=O)NC(=S)N(c4ccc(Cl)cc4)C3=O)ccc2c1. The fourth-order valence-corrected chi connectivity index (χ4v) is 3.51. The normalized spacial score (nSPS) is 15.7. The number of carbonyl (C=O) groups excluding carboxylic acids is 2. The minimum absolute atomic E-state index is 0.00131. The maximum Gasteiger partial charge on any atom is 0.270 e. The maximum absolute atomic E-state index is 13.0. The highest BCUT2D eigenvalue weighted by molar-refractivity contribution is 7.80. The van der Waals surface area contributed by atoms with Crippen molar-refractivity contribution in [2.75, 3.05) is 12.0 Å². The molecule has 1 aliphatic heterocycles. The van der Waals surface area contributed by atoms with Crippen LogP contribution < -0.4 is 15.0 Å². The summed E-state index contributed by atoms with van der Waals surface area (Å²) in [6.07, 6.45) is 1.56. The lowest BCUT2D eigenvalue weighted by atomic mass is 10.0. The van der Waals surface area contributed by atoms with Gasteiger partial charge in [-0.15, -0.1) is 0 Å². The third-order valence-electron chi connectivity index (χ3n) is 4.57. The molecule has 5 nitrogen and oxygen atoms in total. The molecule has 0 aromatic heterocycles. The van der Waals surface area contributed by atoms with Gasteiger partial charge in [0.1, 0.15) is 11.3 Å². The number of anilines is 1. The lowest BCUT2D eigenvalue weighted by Crippen LogP contribution is -2.54. The van der Waals surface area contributed by atoms with E-state index < -0.39 is 11.8 Å². The fraction of sp³-hybridized carbons (Fsp3) is 0.0455. The predicted octanol–water partition coefficient (Wildman–Crippen LogP) is 4.33. The molecule has 1 aliphatic rings. The zero-order chi connectivity index (χ0) is 20.5. The van der Waals surface area contributed by atoms with Crippen molar-refractivity contribution in [2.45, 2.75) is 0 Å². The molecule has 0 unspecified atom stereocenters. The van der Waals surface area contributed by atoms with Gasteiger partial charge in [0.15, 0.2) is 5.11 Å². The van der Waals surface area contributed by atoms with E-state index in [2.05, 4.69) is 5.32 Å². The van der Waals surface area contributed by atoms with E-state index in [0.29, 0.717) is 10.7 Å². The van der Waals surface area contributed by atoms with Crippen LogP contribution in [0.15, 0.2) is 66.2 Å². The highest BCUT2D eigenvalue weighted by atomic mass is 35.5. The maximum atomic E-state index is 13.0. The first kappa shape index (κ1) is 19.1. The Morgan fingerprint density at radius 2 is 1.69 bits per heavy atom. The summed E-state index contributed by atoms with van der Waals surface area (Å²) in [4.78, 5) is 26.8. The number of ether oxygens (including phenoxy) is 1. The van der Waals surface area contributed by atoms with E-state index in [1.807, 2.05) is 36.4 Å². The molecule has 1 N–H and O–H groups in total. The molecule has 0 spiro atoms. The Kier molecular flexibility index (Phi) is 5.05. The van der Waals surface area contributed by atoms with Gasteiger partial charge in [-0.05, 0) is 77.1 Å². The van der Waals surface area contributed by atoms with Crippen molar-refractivity contribution in [1.29, 1.82) is 0 Å². The molecule has 7 heteroatoms. The zero-order valence-electron chi connectivity index (χ0n) is 15.3. The average Bonchev–Trinajstić information content (AvgIpc) is 2.72. The Morgan fingerprint density at radius 3 is 2.41 bits per heavy atom. The summed E-state index contributed by atoms with van der Waals surface area (Å²) in [5.74, 6) is -0.256. The van der Waals surface area contributed by atoms with Gasteiger partial charge in [-0.25, -0.2) is 0 Å². The van der Waals surface area contributed by atoms with Gasteiger partial charge in [0, 0.05) is 5.02 Å². The molecule has 4 rings (SSSR count). The fourth-order valence-electron chi connectivity index (χ4n) is 3.11. The Bertz CT molecular complexity index is 1190. The van der Waals surface area contributed by atoms with Crippen molar-refractivity contribution < 1.29 is 14.3 Å². The van der Waals surface area contributed by atoms with Crippen LogP contribution in [0.3, 0.4) is 0 Å². The first-order valence-corrected chi connectivity index (χ1v) is 9.50. The quantitative estimate of drug-likeness (QED) is 0.387. The highest BCUT2D eigenvalue weighted by Gasteiger charge is 2.34. The zero-order valence-corrected chi connectivity index (χ0v) is 16.9. The van der Waals surface area contributed by atoms with Crippen LogP contribution in [-0.2, 0) is 9.59 Å². The van der Waals surface area contributed by atoms with E-state index >= 15 is 0 Å². The molecule has 3 aromatic carbocycles. The lowest BCUT2D eigenvalue weighted by Gasteiger charge is -2.29. The number of nitrogens with zero attached hydrogens (tertiary/aromatic N) is 1. The molecule has 144 valence electrons. The molecule has 0 bridgehead atoms. The number of hydrogen-bond donors (Lipinski definition) is 1. The summed E-state index contributed by atoms with van der Waals surface area (Å²) >= 11 is 11.1. The molecule has 1 fully saturated rings. The van der Waals surface area contributed by atoms with Gasteiger partial charge in [0.05, 0.1) is 12.8 Å². The van der Waals surface area contributed by atoms with E-state index in [9.17, 15) is 9.59 Å². The van der Waals surface area contributed by atoms with Crippen LogP contribution in [0.1, 0.15) is 5.56 Å². The molecular weight excluding hydrogens is 408 g/mol. The topological polar surface area (TPSA) is 58.6 Å². The lowest BCUT2D eigenvalue weighted by molar-refractivity contribution is -0.122. The molecule has 0 aliphatic carbocycles. The Labute approximate surface area is 177 Å². The van der Waals surface area contributed by atoms with Gasteiger partial charge in [-0.1, -0.05) is 29.8 Å². The summed E-state index contributed by atoms with van der Waals surface area (Å²) in [6.45, 7) is 0. The van der Waals surface area contributed by atoms with Crippen LogP contribution in [0.25, 0.3) is 16.8 Å². The number of fused-ring (bicyclic) bond motifs is 1. The second-order valence-corrected chi connectivity index (χ2v) is 7.23. The Morgan fingerprint density at radius 1 is 1.00 bits per heavy atom. The summed E-state index contributed by atoms with van der Waals surface area (Å²) < 4.78 is 5.24. The van der Waals surface area contributed by atoms with E-state index in [1.54, 1.807) is 37.5 Å². The third kappa shape index (κ3) is 3.72. The van der Waals surface area contributed by atoms with Crippen molar-refractivity contribution >= 4 is 63.3 Å². The molecule has 29 heavy (non-hydrogen) atoms. The van der Waals surface area contributed by atoms with Crippen molar-refractivity contribution in [2.24, 2.45) is 0 Å². The van der Waals surface area contributed by atoms with E-state index in [4.69, 9.17) is 28.6 Å². The number of rotatable bonds is 3. The smallest absolute Gasteiger partial charge is 0.270 e. The van der Waals surface area contributed by atoms with E-state index in [-0.39, 0.29) is 10.7 Å². The largest absolute Gasteiger partial charge is 0.497 e. The van der Waals surface area contributed by atoms with Gasteiger partial charge in [-0.2, -0.15) is 0 Å². The van der Waals surface area contributed by atoms with Gasteiger partial charge < -0.3 is 4.74 Å². The Hall–Kier alpha value is -3.22. The minimum Gasteiger partial charge on any atom is -0.497 e. The van der Waals surface area contributed by atoms with Crippen molar-refractivity contribution in [3.63, 3.8) is 0 Å². The van der Waals surface area contributed by atoms with Gasteiger partial charge in [-0.3, -0.25) is 19.8 Å². The van der Waals surface area contributed by atoms with Crippen LogP contribution in [-0.4, -0.2) is 24.0 Å². The molecular formula is C22H15ClN2O3S. The monoisotopic (exact) mass is 422 g/mol. The van der Waals surface area contributed by atoms with Gasteiger partial charge in [0.2, 0.25) is 0 Å². The second-order valence-electron chi connectivity index (χ2n) is 6.41. The number of nitrogens with one attached hydrogen (secondary N) is 1. The first-order valence-electron chi connectivity index (χ1n) is 8.71. The summed E-state index contributed by atoms with van der Waals surface area (Å²) in [5.41, 5.74) is 1.26. The number of hydrogen-bond acceptors (Lipinski definition) is 4. The molecule has 0 saturated carbocycles. The average molecular weight is 423 g/mol. The van der Waals surface area contributed by atoms with Crippen LogP contribution in [0.4, 0.5) is 5.69 Å². The number of carbonyl (C=O) groups is 2. The van der Waals surface area contributed by atoms with Gasteiger partial charge in [0.25, 0.3) is 11.8 Å².